The topological polar surface area (TPSA) is 75.4 Å². The highest BCUT2D eigenvalue weighted by atomic mass is 16.2. The average molecular weight is 227 g/mol. The normalized spacial score (nSPS) is 17.4. The summed E-state index contributed by atoms with van der Waals surface area (Å²) in [5.74, 6) is -0.128. The lowest BCUT2D eigenvalue weighted by molar-refractivity contribution is -0.131. The molecule has 1 unspecified atom stereocenters. The molecule has 1 saturated heterocycles. The van der Waals surface area contributed by atoms with Crippen molar-refractivity contribution in [3.63, 3.8) is 0 Å². The summed E-state index contributed by atoms with van der Waals surface area (Å²) >= 11 is 0. The van der Waals surface area contributed by atoms with Gasteiger partial charge in [0.2, 0.25) is 11.8 Å². The minimum atomic E-state index is -0.291. The standard InChI is InChI=1S/C11H21N3O2/c1-9(13-6-4-5-10(12)15)11(16)14-7-2-3-8-14/h9,13H,2-8H2,1H3,(H2,12,15). The van der Waals surface area contributed by atoms with Crippen molar-refractivity contribution in [3.05, 3.63) is 0 Å². The molecule has 0 aromatic rings. The van der Waals surface area contributed by atoms with Crippen LogP contribution in [0.4, 0.5) is 0 Å². The van der Waals surface area contributed by atoms with Gasteiger partial charge < -0.3 is 16.0 Å². The molecule has 0 aromatic heterocycles. The smallest absolute Gasteiger partial charge is 0.239 e. The van der Waals surface area contributed by atoms with Crippen molar-refractivity contribution in [2.24, 2.45) is 5.73 Å². The summed E-state index contributed by atoms with van der Waals surface area (Å²) in [7, 11) is 0. The van der Waals surface area contributed by atoms with Gasteiger partial charge in [0.1, 0.15) is 0 Å². The first-order chi connectivity index (χ1) is 7.61. The monoisotopic (exact) mass is 227 g/mol. The van der Waals surface area contributed by atoms with Crippen molar-refractivity contribution in [2.45, 2.75) is 38.6 Å². The lowest BCUT2D eigenvalue weighted by atomic mass is 10.2. The van der Waals surface area contributed by atoms with Crippen LogP contribution in [-0.4, -0.2) is 42.4 Å². The molecule has 0 saturated carbocycles. The lowest BCUT2D eigenvalue weighted by Crippen LogP contribution is -2.44. The fourth-order valence-electron chi connectivity index (χ4n) is 1.88. The number of amides is 2. The number of rotatable bonds is 6. The van der Waals surface area contributed by atoms with Crippen molar-refractivity contribution >= 4 is 11.8 Å². The van der Waals surface area contributed by atoms with E-state index < -0.39 is 0 Å². The van der Waals surface area contributed by atoms with Crippen molar-refractivity contribution in [1.82, 2.24) is 10.2 Å². The zero-order chi connectivity index (χ0) is 12.0. The Morgan fingerprint density at radius 2 is 2.00 bits per heavy atom. The summed E-state index contributed by atoms with van der Waals surface area (Å²) in [5, 5.41) is 3.12. The predicted molar refractivity (Wildman–Crippen MR) is 61.7 cm³/mol. The fourth-order valence-corrected chi connectivity index (χ4v) is 1.88. The van der Waals surface area contributed by atoms with Gasteiger partial charge >= 0.3 is 0 Å². The second-order valence-electron chi connectivity index (χ2n) is 4.28. The molecule has 3 N–H and O–H groups in total. The molecule has 92 valence electrons. The van der Waals surface area contributed by atoms with Crippen LogP contribution in [0, 0.1) is 0 Å². The number of nitrogens with two attached hydrogens (primary N) is 1. The van der Waals surface area contributed by atoms with Crippen molar-refractivity contribution in [3.8, 4) is 0 Å². The molecule has 1 rings (SSSR count). The first-order valence-electron chi connectivity index (χ1n) is 5.91. The third-order valence-electron chi connectivity index (χ3n) is 2.84. The van der Waals surface area contributed by atoms with Gasteiger partial charge in [0.15, 0.2) is 0 Å². The number of likely N-dealkylation sites (tertiary alicyclic amines) is 1. The van der Waals surface area contributed by atoms with E-state index in [9.17, 15) is 9.59 Å². The maximum Gasteiger partial charge on any atom is 0.239 e. The summed E-state index contributed by atoms with van der Waals surface area (Å²) in [6.45, 7) is 4.28. The van der Waals surface area contributed by atoms with Gasteiger partial charge in [-0.2, -0.15) is 0 Å². The van der Waals surface area contributed by atoms with Crippen LogP contribution < -0.4 is 11.1 Å². The third-order valence-corrected chi connectivity index (χ3v) is 2.84. The van der Waals surface area contributed by atoms with E-state index >= 15 is 0 Å². The average Bonchev–Trinajstić information content (AvgIpc) is 2.76. The maximum atomic E-state index is 11.8. The van der Waals surface area contributed by atoms with Crippen LogP contribution >= 0.6 is 0 Å². The Kier molecular flexibility index (Phi) is 5.25. The van der Waals surface area contributed by atoms with E-state index in [1.165, 1.54) is 0 Å². The van der Waals surface area contributed by atoms with Crippen molar-refractivity contribution < 1.29 is 9.59 Å². The fraction of sp³-hybridized carbons (Fsp3) is 0.818. The predicted octanol–water partition coefficient (Wildman–Crippen LogP) is -0.148. The number of nitrogens with zero attached hydrogens (tertiary/aromatic N) is 1. The Morgan fingerprint density at radius 1 is 1.38 bits per heavy atom. The van der Waals surface area contributed by atoms with E-state index in [2.05, 4.69) is 5.32 Å². The summed E-state index contributed by atoms with van der Waals surface area (Å²) in [4.78, 5) is 24.2. The molecule has 5 heteroatoms. The van der Waals surface area contributed by atoms with Crippen molar-refractivity contribution in [1.29, 1.82) is 0 Å². The summed E-state index contributed by atoms with van der Waals surface area (Å²) in [6, 6.07) is -0.161. The van der Waals surface area contributed by atoms with E-state index in [1.807, 2.05) is 11.8 Å². The quantitative estimate of drug-likeness (QED) is 0.620. The highest BCUT2D eigenvalue weighted by Gasteiger charge is 2.22. The van der Waals surface area contributed by atoms with E-state index in [4.69, 9.17) is 5.73 Å². The largest absolute Gasteiger partial charge is 0.370 e. The molecule has 1 atom stereocenters. The van der Waals surface area contributed by atoms with Crippen LogP contribution in [0.25, 0.3) is 0 Å². The van der Waals surface area contributed by atoms with E-state index in [1.54, 1.807) is 0 Å². The molecule has 5 nitrogen and oxygen atoms in total. The first-order valence-corrected chi connectivity index (χ1v) is 5.91. The van der Waals surface area contributed by atoms with Gasteiger partial charge in [-0.15, -0.1) is 0 Å². The molecule has 0 radical (unpaired) electrons. The second kappa shape index (κ2) is 6.48. The maximum absolute atomic E-state index is 11.8. The van der Waals surface area contributed by atoms with E-state index in [-0.39, 0.29) is 17.9 Å². The Bertz CT molecular complexity index is 250. The van der Waals surface area contributed by atoms with Crippen LogP contribution in [0.3, 0.4) is 0 Å². The number of carbonyl (C=O) groups excluding carboxylic acids is 2. The Labute approximate surface area is 96.4 Å². The SMILES string of the molecule is CC(NCCCC(N)=O)C(=O)N1CCCC1. The van der Waals surface area contributed by atoms with Gasteiger partial charge in [-0.3, -0.25) is 9.59 Å². The molecule has 0 bridgehead atoms. The molecule has 1 heterocycles. The Balaban J connectivity index is 2.15. The Morgan fingerprint density at radius 3 is 2.56 bits per heavy atom. The zero-order valence-corrected chi connectivity index (χ0v) is 9.87. The van der Waals surface area contributed by atoms with Gasteiger partial charge in [0.05, 0.1) is 6.04 Å². The minimum Gasteiger partial charge on any atom is -0.370 e. The van der Waals surface area contributed by atoms with Gasteiger partial charge in [-0.05, 0) is 32.7 Å². The number of hydrogen-bond acceptors (Lipinski definition) is 3. The van der Waals surface area contributed by atoms with E-state index in [0.29, 0.717) is 19.4 Å². The molecular formula is C11H21N3O2. The molecule has 0 aliphatic carbocycles. The summed E-state index contributed by atoms with van der Waals surface area (Å²) in [6.07, 6.45) is 3.28. The molecule has 0 aromatic carbocycles. The molecule has 2 amide bonds. The molecule has 0 spiro atoms. The van der Waals surface area contributed by atoms with Crippen LogP contribution in [0.2, 0.25) is 0 Å². The summed E-state index contributed by atoms with van der Waals surface area (Å²) in [5.41, 5.74) is 5.03. The van der Waals surface area contributed by atoms with Gasteiger partial charge in [-0.1, -0.05) is 0 Å². The highest BCUT2D eigenvalue weighted by Crippen LogP contribution is 2.08. The molecular weight excluding hydrogens is 206 g/mol. The van der Waals surface area contributed by atoms with Crippen molar-refractivity contribution in [2.75, 3.05) is 19.6 Å². The zero-order valence-electron chi connectivity index (χ0n) is 9.87. The number of hydrogen-bond donors (Lipinski definition) is 2. The van der Waals surface area contributed by atoms with Gasteiger partial charge in [-0.25, -0.2) is 0 Å². The van der Waals surface area contributed by atoms with E-state index in [0.717, 1.165) is 25.9 Å². The summed E-state index contributed by atoms with van der Waals surface area (Å²) < 4.78 is 0. The molecule has 16 heavy (non-hydrogen) atoms. The molecule has 1 aliphatic heterocycles. The number of carbonyl (C=O) groups is 2. The molecule has 1 aliphatic rings. The highest BCUT2D eigenvalue weighted by molar-refractivity contribution is 5.81. The van der Waals surface area contributed by atoms with Crippen LogP contribution in [0.5, 0.6) is 0 Å². The Hall–Kier alpha value is -1.10. The van der Waals surface area contributed by atoms with Crippen LogP contribution in [0.1, 0.15) is 32.6 Å². The first kappa shape index (κ1) is 13.0. The van der Waals surface area contributed by atoms with Gasteiger partial charge in [0, 0.05) is 19.5 Å². The lowest BCUT2D eigenvalue weighted by Gasteiger charge is -2.21. The minimum absolute atomic E-state index is 0.161. The third kappa shape index (κ3) is 4.18. The molecule has 1 fully saturated rings. The number of primary amides is 1. The van der Waals surface area contributed by atoms with Crippen LogP contribution in [-0.2, 0) is 9.59 Å². The van der Waals surface area contributed by atoms with Crippen LogP contribution in [0.15, 0.2) is 0 Å². The van der Waals surface area contributed by atoms with Gasteiger partial charge in [0.25, 0.3) is 0 Å². The number of nitrogens with one attached hydrogen (secondary N) is 1. The second-order valence-corrected chi connectivity index (χ2v) is 4.28.